The zero-order chi connectivity index (χ0) is 15.2. The number of hydrogen-bond acceptors (Lipinski definition) is 3. The quantitative estimate of drug-likeness (QED) is 0.735. The molecule has 2 aromatic rings. The molecule has 0 fully saturated rings. The molecule has 1 aromatic carbocycles. The van der Waals surface area contributed by atoms with Crippen LogP contribution in [-0.2, 0) is 11.2 Å². The third-order valence-electron chi connectivity index (χ3n) is 3.41. The lowest BCUT2D eigenvalue weighted by molar-refractivity contribution is -0.122. The number of carbonyl (C=O) groups is 1. The van der Waals surface area contributed by atoms with Gasteiger partial charge in [-0.05, 0) is 30.7 Å². The Balaban J connectivity index is 1.94. The van der Waals surface area contributed by atoms with Gasteiger partial charge in [0.2, 0.25) is 5.91 Å². The molecule has 0 saturated heterocycles. The van der Waals surface area contributed by atoms with Gasteiger partial charge in [-0.25, -0.2) is 0 Å². The number of benzene rings is 1. The van der Waals surface area contributed by atoms with E-state index in [2.05, 4.69) is 17.2 Å². The summed E-state index contributed by atoms with van der Waals surface area (Å²) in [5, 5.41) is 4.11. The average Bonchev–Trinajstić information content (AvgIpc) is 2.88. The summed E-state index contributed by atoms with van der Waals surface area (Å²) in [5.74, 6) is 1.90. The molecule has 0 aliphatic heterocycles. The Morgan fingerprint density at radius 1 is 1.43 bits per heavy atom. The summed E-state index contributed by atoms with van der Waals surface area (Å²) in [7, 11) is 0. The lowest BCUT2D eigenvalue weighted by Gasteiger charge is -2.17. The number of nitrogens with one attached hydrogen (secondary N) is 2. The van der Waals surface area contributed by atoms with E-state index in [1.54, 1.807) is 0 Å². The molecule has 1 heterocycles. The van der Waals surface area contributed by atoms with Gasteiger partial charge in [-0.1, -0.05) is 25.1 Å². The fourth-order valence-electron chi connectivity index (χ4n) is 2.32. The van der Waals surface area contributed by atoms with Gasteiger partial charge in [0.05, 0.1) is 6.04 Å². The van der Waals surface area contributed by atoms with Gasteiger partial charge in [-0.3, -0.25) is 4.79 Å². The second-order valence-electron chi connectivity index (χ2n) is 5.24. The molecule has 5 heteroatoms. The van der Waals surface area contributed by atoms with E-state index in [9.17, 15) is 4.79 Å². The number of amides is 1. The summed E-state index contributed by atoms with van der Waals surface area (Å²) >= 11 is 1.82. The monoisotopic (exact) mass is 305 g/mol. The van der Waals surface area contributed by atoms with Crippen molar-refractivity contribution in [3.63, 3.8) is 0 Å². The van der Waals surface area contributed by atoms with Gasteiger partial charge in [-0.15, -0.1) is 0 Å². The molecular weight excluding hydrogens is 282 g/mol. The Kier molecular flexibility index (Phi) is 5.70. The molecule has 0 spiro atoms. The van der Waals surface area contributed by atoms with Crippen molar-refractivity contribution in [2.45, 2.75) is 32.4 Å². The highest BCUT2D eigenvalue weighted by molar-refractivity contribution is 7.99. The van der Waals surface area contributed by atoms with Crippen LogP contribution in [0.25, 0.3) is 10.9 Å². The van der Waals surface area contributed by atoms with Crippen LogP contribution >= 0.6 is 11.8 Å². The maximum Gasteiger partial charge on any atom is 0.237 e. The van der Waals surface area contributed by atoms with Crippen molar-refractivity contribution in [1.29, 1.82) is 0 Å². The van der Waals surface area contributed by atoms with E-state index >= 15 is 0 Å². The second kappa shape index (κ2) is 7.52. The van der Waals surface area contributed by atoms with Crippen molar-refractivity contribution in [1.82, 2.24) is 10.3 Å². The molecule has 1 unspecified atom stereocenters. The van der Waals surface area contributed by atoms with Crippen LogP contribution in [0.2, 0.25) is 0 Å². The standard InChI is InChI=1S/C16H23N3OS/c1-3-21-10-11(2)19-16(20)14(17)8-12-9-18-15-7-5-4-6-13(12)15/h4-7,9,11,14,18H,3,8,10,17H2,1-2H3,(H,19,20)/t11?,14-/m1/s1. The first-order valence-corrected chi connectivity index (χ1v) is 8.46. The number of para-hydroxylation sites is 1. The molecule has 2 rings (SSSR count). The van der Waals surface area contributed by atoms with Crippen LogP contribution in [0.4, 0.5) is 0 Å². The summed E-state index contributed by atoms with van der Waals surface area (Å²) in [6, 6.07) is 7.69. The minimum Gasteiger partial charge on any atom is -0.361 e. The van der Waals surface area contributed by atoms with Crippen LogP contribution in [0.5, 0.6) is 0 Å². The Morgan fingerprint density at radius 3 is 2.95 bits per heavy atom. The predicted molar refractivity (Wildman–Crippen MR) is 90.6 cm³/mol. The van der Waals surface area contributed by atoms with Gasteiger partial charge >= 0.3 is 0 Å². The van der Waals surface area contributed by atoms with Crippen LogP contribution < -0.4 is 11.1 Å². The van der Waals surface area contributed by atoms with E-state index in [0.29, 0.717) is 6.42 Å². The highest BCUT2D eigenvalue weighted by atomic mass is 32.2. The Labute approximate surface area is 129 Å². The Hall–Kier alpha value is -1.46. The number of nitrogens with two attached hydrogens (primary N) is 1. The number of aromatic amines is 1. The first kappa shape index (κ1) is 15.9. The topological polar surface area (TPSA) is 70.9 Å². The van der Waals surface area contributed by atoms with Crippen LogP contribution in [-0.4, -0.2) is 34.5 Å². The molecule has 0 bridgehead atoms. The smallest absolute Gasteiger partial charge is 0.237 e. The normalized spacial score (nSPS) is 14.0. The van der Waals surface area contributed by atoms with Crippen LogP contribution in [0.15, 0.2) is 30.5 Å². The minimum absolute atomic E-state index is 0.0792. The molecule has 4 nitrogen and oxygen atoms in total. The average molecular weight is 305 g/mol. The first-order chi connectivity index (χ1) is 10.1. The van der Waals surface area contributed by atoms with Crippen LogP contribution in [0.1, 0.15) is 19.4 Å². The van der Waals surface area contributed by atoms with Gasteiger partial charge in [0.25, 0.3) is 0 Å². The highest BCUT2D eigenvalue weighted by Gasteiger charge is 2.17. The second-order valence-corrected chi connectivity index (χ2v) is 6.56. The number of carbonyl (C=O) groups excluding carboxylic acids is 1. The summed E-state index contributed by atoms with van der Waals surface area (Å²) in [5.41, 5.74) is 8.21. The molecule has 0 aliphatic rings. The lowest BCUT2D eigenvalue weighted by atomic mass is 10.0. The fraction of sp³-hybridized carbons (Fsp3) is 0.438. The van der Waals surface area contributed by atoms with E-state index in [1.165, 1.54) is 0 Å². The summed E-state index contributed by atoms with van der Waals surface area (Å²) in [4.78, 5) is 15.3. The summed E-state index contributed by atoms with van der Waals surface area (Å²) < 4.78 is 0. The molecule has 0 saturated carbocycles. The third kappa shape index (κ3) is 4.25. The minimum atomic E-state index is -0.515. The predicted octanol–water partition coefficient (Wildman–Crippen LogP) is 2.30. The van der Waals surface area contributed by atoms with Crippen LogP contribution in [0.3, 0.4) is 0 Å². The van der Waals surface area contributed by atoms with E-state index in [1.807, 2.05) is 49.1 Å². The SMILES string of the molecule is CCSCC(C)NC(=O)[C@H](N)Cc1c[nH]c2ccccc12. The molecular formula is C16H23N3OS. The van der Waals surface area contributed by atoms with E-state index < -0.39 is 6.04 Å². The van der Waals surface area contributed by atoms with Gasteiger partial charge in [0.15, 0.2) is 0 Å². The van der Waals surface area contributed by atoms with Crippen molar-refractivity contribution in [3.8, 4) is 0 Å². The van der Waals surface area contributed by atoms with Gasteiger partial charge < -0.3 is 16.0 Å². The largest absolute Gasteiger partial charge is 0.361 e. The molecule has 114 valence electrons. The maximum absolute atomic E-state index is 12.1. The Bertz CT molecular complexity index is 596. The number of fused-ring (bicyclic) bond motifs is 1. The lowest BCUT2D eigenvalue weighted by Crippen LogP contribution is -2.46. The van der Waals surface area contributed by atoms with Crippen molar-refractivity contribution in [2.24, 2.45) is 5.73 Å². The molecule has 21 heavy (non-hydrogen) atoms. The zero-order valence-electron chi connectivity index (χ0n) is 12.6. The number of H-pyrrole nitrogens is 1. The van der Waals surface area contributed by atoms with Crippen molar-refractivity contribution in [2.75, 3.05) is 11.5 Å². The van der Waals surface area contributed by atoms with E-state index in [-0.39, 0.29) is 11.9 Å². The number of rotatable bonds is 7. The maximum atomic E-state index is 12.1. The first-order valence-electron chi connectivity index (χ1n) is 7.30. The molecule has 1 aromatic heterocycles. The van der Waals surface area contributed by atoms with Gasteiger partial charge in [-0.2, -0.15) is 11.8 Å². The zero-order valence-corrected chi connectivity index (χ0v) is 13.4. The van der Waals surface area contributed by atoms with Crippen molar-refractivity contribution < 1.29 is 4.79 Å². The third-order valence-corrected chi connectivity index (χ3v) is 4.56. The molecule has 0 radical (unpaired) electrons. The highest BCUT2D eigenvalue weighted by Crippen LogP contribution is 2.18. The molecule has 1 amide bonds. The van der Waals surface area contributed by atoms with Crippen molar-refractivity contribution in [3.05, 3.63) is 36.0 Å². The summed E-state index contributed by atoms with van der Waals surface area (Å²) in [6.07, 6.45) is 2.48. The van der Waals surface area contributed by atoms with Gasteiger partial charge in [0, 0.05) is 28.9 Å². The summed E-state index contributed by atoms with van der Waals surface area (Å²) in [6.45, 7) is 4.13. The number of aromatic nitrogens is 1. The van der Waals surface area contributed by atoms with Gasteiger partial charge in [0.1, 0.15) is 0 Å². The van der Waals surface area contributed by atoms with Crippen LogP contribution in [0, 0.1) is 0 Å². The molecule has 4 N–H and O–H groups in total. The van der Waals surface area contributed by atoms with E-state index in [0.717, 1.165) is 28.0 Å². The van der Waals surface area contributed by atoms with E-state index in [4.69, 9.17) is 5.73 Å². The number of thioether (sulfide) groups is 1. The molecule has 0 aliphatic carbocycles. The van der Waals surface area contributed by atoms with Crippen molar-refractivity contribution >= 4 is 28.6 Å². The Morgan fingerprint density at radius 2 is 2.19 bits per heavy atom. The number of hydrogen-bond donors (Lipinski definition) is 3. The molecule has 2 atom stereocenters. The fourth-order valence-corrected chi connectivity index (χ4v) is 2.99.